The van der Waals surface area contributed by atoms with Crippen LogP contribution in [0.15, 0.2) is 24.3 Å². The normalized spacial score (nSPS) is 13.3. The molecule has 2 aromatic rings. The average molecular weight is 250 g/mol. The topological polar surface area (TPSA) is 74.4 Å². The van der Waals surface area contributed by atoms with E-state index in [-0.39, 0.29) is 19.4 Å². The van der Waals surface area contributed by atoms with Gasteiger partial charge in [0, 0.05) is 13.1 Å². The van der Waals surface area contributed by atoms with Crippen molar-refractivity contribution in [3.05, 3.63) is 24.3 Å². The van der Waals surface area contributed by atoms with Gasteiger partial charge in [0.15, 0.2) is 0 Å². The van der Waals surface area contributed by atoms with Gasteiger partial charge in [0.25, 0.3) is 0 Å². The van der Waals surface area contributed by atoms with Gasteiger partial charge in [-0.2, -0.15) is 0 Å². The molecule has 0 spiro atoms. The van der Waals surface area contributed by atoms with Crippen LogP contribution >= 0.6 is 0 Å². The lowest BCUT2D eigenvalue weighted by atomic mass is 10.3. The molecule has 1 aromatic carbocycles. The van der Waals surface area contributed by atoms with Crippen LogP contribution in [-0.2, 0) is 0 Å². The fraction of sp³-hybridized carbons (Fsp3) is 0.500. The SMILES string of the molecule is CC(N(CCO)CCO)n1nnc2ccccc21. The first-order chi connectivity index (χ1) is 8.77. The first-order valence-corrected chi connectivity index (χ1v) is 6.03. The highest BCUT2D eigenvalue weighted by atomic mass is 16.3. The van der Waals surface area contributed by atoms with E-state index in [0.717, 1.165) is 11.0 Å². The molecule has 2 N–H and O–H groups in total. The Morgan fingerprint density at radius 3 is 2.56 bits per heavy atom. The molecule has 2 rings (SSSR count). The number of hydrogen-bond donors (Lipinski definition) is 2. The van der Waals surface area contributed by atoms with Gasteiger partial charge in [-0.15, -0.1) is 5.10 Å². The number of rotatable bonds is 6. The second kappa shape index (κ2) is 5.90. The van der Waals surface area contributed by atoms with Gasteiger partial charge < -0.3 is 10.2 Å². The molecule has 0 bridgehead atoms. The second-order valence-electron chi connectivity index (χ2n) is 4.14. The number of aliphatic hydroxyl groups excluding tert-OH is 2. The zero-order valence-electron chi connectivity index (χ0n) is 10.4. The first kappa shape index (κ1) is 12.9. The lowest BCUT2D eigenvalue weighted by Crippen LogP contribution is -2.35. The van der Waals surface area contributed by atoms with Crippen molar-refractivity contribution in [3.8, 4) is 0 Å². The van der Waals surface area contributed by atoms with Crippen molar-refractivity contribution in [2.75, 3.05) is 26.3 Å². The molecule has 0 amide bonds. The zero-order valence-corrected chi connectivity index (χ0v) is 10.4. The number of hydrogen-bond acceptors (Lipinski definition) is 5. The standard InChI is InChI=1S/C12H18N4O2/c1-10(15(6-8-17)7-9-18)16-12-5-3-2-4-11(12)13-14-16/h2-5,10,17-18H,6-9H2,1H3. The molecule has 1 unspecified atom stereocenters. The minimum Gasteiger partial charge on any atom is -0.395 e. The molecule has 18 heavy (non-hydrogen) atoms. The van der Waals surface area contributed by atoms with Crippen molar-refractivity contribution < 1.29 is 10.2 Å². The Morgan fingerprint density at radius 2 is 1.89 bits per heavy atom. The van der Waals surface area contributed by atoms with Gasteiger partial charge in [0.2, 0.25) is 0 Å². The third-order valence-electron chi connectivity index (χ3n) is 3.03. The summed E-state index contributed by atoms with van der Waals surface area (Å²) in [7, 11) is 0. The van der Waals surface area contributed by atoms with Crippen LogP contribution in [0, 0.1) is 0 Å². The van der Waals surface area contributed by atoms with Crippen LogP contribution in [0.1, 0.15) is 13.1 Å². The lowest BCUT2D eigenvalue weighted by molar-refractivity contribution is 0.0910. The predicted molar refractivity (Wildman–Crippen MR) is 68.0 cm³/mol. The Bertz CT molecular complexity index is 494. The molecule has 98 valence electrons. The lowest BCUT2D eigenvalue weighted by Gasteiger charge is -2.27. The van der Waals surface area contributed by atoms with Gasteiger partial charge in [-0.25, -0.2) is 4.68 Å². The minimum absolute atomic E-state index is 0.0525. The number of benzene rings is 1. The van der Waals surface area contributed by atoms with E-state index in [1.807, 2.05) is 36.1 Å². The van der Waals surface area contributed by atoms with E-state index in [0.29, 0.717) is 13.1 Å². The summed E-state index contributed by atoms with van der Waals surface area (Å²) >= 11 is 0. The van der Waals surface area contributed by atoms with E-state index < -0.39 is 0 Å². The Hall–Kier alpha value is -1.50. The van der Waals surface area contributed by atoms with Crippen LogP contribution < -0.4 is 0 Å². The predicted octanol–water partition coefficient (Wildman–Crippen LogP) is 0.236. The Labute approximate surface area is 105 Å². The second-order valence-corrected chi connectivity index (χ2v) is 4.14. The van der Waals surface area contributed by atoms with E-state index in [4.69, 9.17) is 10.2 Å². The van der Waals surface area contributed by atoms with Crippen LogP contribution in [0.5, 0.6) is 0 Å². The summed E-state index contributed by atoms with van der Waals surface area (Å²) in [5.74, 6) is 0. The molecule has 0 radical (unpaired) electrons. The molecular weight excluding hydrogens is 232 g/mol. The van der Waals surface area contributed by atoms with E-state index >= 15 is 0 Å². The molecule has 1 aromatic heterocycles. The molecule has 0 saturated carbocycles. The van der Waals surface area contributed by atoms with Gasteiger partial charge in [-0.1, -0.05) is 17.3 Å². The molecular formula is C12H18N4O2. The Balaban J connectivity index is 2.28. The highest BCUT2D eigenvalue weighted by Crippen LogP contribution is 2.17. The molecule has 1 heterocycles. The van der Waals surface area contributed by atoms with Gasteiger partial charge in [-0.3, -0.25) is 4.90 Å². The fourth-order valence-electron chi connectivity index (χ4n) is 2.06. The van der Waals surface area contributed by atoms with E-state index in [1.54, 1.807) is 4.68 Å². The number of para-hydroxylation sites is 1. The van der Waals surface area contributed by atoms with Crippen molar-refractivity contribution in [1.29, 1.82) is 0 Å². The number of nitrogens with zero attached hydrogens (tertiary/aromatic N) is 4. The van der Waals surface area contributed by atoms with Crippen LogP contribution in [-0.4, -0.2) is 56.4 Å². The quantitative estimate of drug-likeness (QED) is 0.768. The molecule has 0 fully saturated rings. The van der Waals surface area contributed by atoms with Gasteiger partial charge >= 0.3 is 0 Å². The molecule has 1 atom stereocenters. The Morgan fingerprint density at radius 1 is 1.22 bits per heavy atom. The number of fused-ring (bicyclic) bond motifs is 1. The van der Waals surface area contributed by atoms with Crippen molar-refractivity contribution in [1.82, 2.24) is 19.9 Å². The highest BCUT2D eigenvalue weighted by Gasteiger charge is 2.17. The maximum absolute atomic E-state index is 9.05. The summed E-state index contributed by atoms with van der Waals surface area (Å²) in [6.45, 7) is 3.08. The summed E-state index contributed by atoms with van der Waals surface area (Å²) < 4.78 is 1.81. The average Bonchev–Trinajstić information content (AvgIpc) is 2.81. The van der Waals surface area contributed by atoms with Gasteiger partial charge in [0.1, 0.15) is 11.7 Å². The molecule has 6 heteroatoms. The van der Waals surface area contributed by atoms with Crippen LogP contribution in [0.2, 0.25) is 0 Å². The summed E-state index contributed by atoms with van der Waals surface area (Å²) in [5, 5.41) is 26.4. The van der Waals surface area contributed by atoms with Crippen molar-refractivity contribution in [2.24, 2.45) is 0 Å². The summed E-state index contributed by atoms with van der Waals surface area (Å²) in [5.41, 5.74) is 1.79. The summed E-state index contributed by atoms with van der Waals surface area (Å²) in [6.07, 6.45) is -0.0586. The third kappa shape index (κ3) is 2.50. The highest BCUT2D eigenvalue weighted by molar-refractivity contribution is 5.73. The van der Waals surface area contributed by atoms with Crippen LogP contribution in [0.25, 0.3) is 11.0 Å². The van der Waals surface area contributed by atoms with Crippen molar-refractivity contribution in [3.63, 3.8) is 0 Å². The molecule has 6 nitrogen and oxygen atoms in total. The summed E-state index contributed by atoms with van der Waals surface area (Å²) in [6, 6.07) is 7.73. The smallest absolute Gasteiger partial charge is 0.113 e. The van der Waals surface area contributed by atoms with E-state index in [2.05, 4.69) is 10.3 Å². The van der Waals surface area contributed by atoms with E-state index in [9.17, 15) is 0 Å². The molecule has 0 saturated heterocycles. The molecule has 0 aliphatic rings. The van der Waals surface area contributed by atoms with Gasteiger partial charge in [-0.05, 0) is 19.1 Å². The minimum atomic E-state index is -0.0586. The number of aliphatic hydroxyl groups is 2. The zero-order chi connectivity index (χ0) is 13.0. The van der Waals surface area contributed by atoms with Crippen LogP contribution in [0.3, 0.4) is 0 Å². The van der Waals surface area contributed by atoms with Crippen molar-refractivity contribution in [2.45, 2.75) is 13.1 Å². The maximum Gasteiger partial charge on any atom is 0.113 e. The first-order valence-electron chi connectivity index (χ1n) is 6.03. The monoisotopic (exact) mass is 250 g/mol. The maximum atomic E-state index is 9.05. The molecule has 0 aliphatic heterocycles. The summed E-state index contributed by atoms with van der Waals surface area (Å²) in [4.78, 5) is 1.96. The third-order valence-corrected chi connectivity index (χ3v) is 3.03. The largest absolute Gasteiger partial charge is 0.395 e. The van der Waals surface area contributed by atoms with Gasteiger partial charge in [0.05, 0.1) is 18.7 Å². The fourth-order valence-corrected chi connectivity index (χ4v) is 2.06. The van der Waals surface area contributed by atoms with Crippen molar-refractivity contribution >= 4 is 11.0 Å². The number of aromatic nitrogens is 3. The van der Waals surface area contributed by atoms with E-state index in [1.165, 1.54) is 0 Å². The Kier molecular flexibility index (Phi) is 4.24. The van der Waals surface area contributed by atoms with Crippen LogP contribution in [0.4, 0.5) is 0 Å². The molecule has 0 aliphatic carbocycles.